The Hall–Kier alpha value is -2.43. The molecule has 10 heteroatoms. The van der Waals surface area contributed by atoms with Gasteiger partial charge in [0.2, 0.25) is 0 Å². The maximum atomic E-state index is 10.7. The number of rotatable bonds is 4. The van der Waals surface area contributed by atoms with Crippen LogP contribution >= 0.6 is 11.6 Å². The van der Waals surface area contributed by atoms with Crippen molar-refractivity contribution in [3.8, 4) is 0 Å². The van der Waals surface area contributed by atoms with Crippen LogP contribution in [-0.4, -0.2) is 55.2 Å². The number of nitrogens with zero attached hydrogens (tertiary/aromatic N) is 3. The second kappa shape index (κ2) is 7.53. The van der Waals surface area contributed by atoms with Crippen LogP contribution in [-0.2, 0) is 4.74 Å². The second-order valence-electron chi connectivity index (χ2n) is 6.52. The van der Waals surface area contributed by atoms with Gasteiger partial charge in [-0.2, -0.15) is 5.10 Å². The van der Waals surface area contributed by atoms with E-state index in [0.29, 0.717) is 27.1 Å². The van der Waals surface area contributed by atoms with Crippen molar-refractivity contribution in [2.24, 2.45) is 5.10 Å². The van der Waals surface area contributed by atoms with Crippen molar-refractivity contribution in [2.75, 3.05) is 7.05 Å². The highest BCUT2D eigenvalue weighted by Crippen LogP contribution is 2.37. The van der Waals surface area contributed by atoms with E-state index in [1.165, 1.54) is 6.33 Å². The van der Waals surface area contributed by atoms with Gasteiger partial charge in [-0.15, -0.1) is 0 Å². The Morgan fingerprint density at radius 2 is 2.00 bits per heavy atom. The Morgan fingerprint density at radius 1 is 1.25 bits per heavy atom. The molecule has 1 fully saturated rings. The van der Waals surface area contributed by atoms with Gasteiger partial charge in [-0.25, -0.2) is 4.98 Å². The van der Waals surface area contributed by atoms with Crippen molar-refractivity contribution < 1.29 is 20.1 Å². The Labute approximate surface area is 164 Å². The minimum atomic E-state index is -1.28. The lowest BCUT2D eigenvalue weighted by Crippen LogP contribution is -2.34. The third kappa shape index (κ3) is 3.17. The predicted octanol–water partition coefficient (Wildman–Crippen LogP) is 0.406. The molecule has 28 heavy (non-hydrogen) atoms. The number of halogens is 1. The molecule has 5 N–H and O–H groups in total. The largest absolute Gasteiger partial charge is 0.387 e. The number of ether oxygens (including phenoxy) is 1. The highest BCUT2D eigenvalue weighted by atomic mass is 35.5. The number of fused-ring (bicyclic) bond motifs is 1. The third-order valence-electron chi connectivity index (χ3n) is 4.83. The lowest BCUT2D eigenvalue weighted by molar-refractivity contribution is -0.0848. The van der Waals surface area contributed by atoms with Crippen LogP contribution in [0.2, 0.25) is 5.02 Å². The molecule has 1 aliphatic rings. The Bertz CT molecular complexity index is 1030. The highest BCUT2D eigenvalue weighted by Gasteiger charge is 2.47. The first kappa shape index (κ1) is 18.9. The second-order valence-corrected chi connectivity index (χ2v) is 6.95. The predicted molar refractivity (Wildman–Crippen MR) is 101 cm³/mol. The first-order valence-electron chi connectivity index (χ1n) is 8.71. The lowest BCUT2D eigenvalue weighted by atomic mass is 9.99. The lowest BCUT2D eigenvalue weighted by Gasteiger charge is -2.21. The van der Waals surface area contributed by atoms with E-state index in [1.807, 2.05) is 0 Å². The maximum Gasteiger partial charge on any atom is 0.184 e. The van der Waals surface area contributed by atoms with Gasteiger partial charge >= 0.3 is 0 Å². The molecule has 9 nitrogen and oxygen atoms in total. The fourth-order valence-corrected chi connectivity index (χ4v) is 3.56. The number of aromatic nitrogens is 3. The molecular formula is C18H20ClN5O4. The molecule has 1 aliphatic heterocycles. The van der Waals surface area contributed by atoms with Gasteiger partial charge < -0.3 is 35.0 Å². The Morgan fingerprint density at radius 3 is 2.71 bits per heavy atom. The van der Waals surface area contributed by atoms with Crippen molar-refractivity contribution >= 4 is 22.6 Å². The van der Waals surface area contributed by atoms with Crippen LogP contribution in [0.15, 0.2) is 48.0 Å². The van der Waals surface area contributed by atoms with Gasteiger partial charge in [-0.1, -0.05) is 23.7 Å². The average molecular weight is 406 g/mol. The number of hydrogen-bond acceptors (Lipinski definition) is 7. The van der Waals surface area contributed by atoms with Crippen LogP contribution in [0.5, 0.6) is 0 Å². The number of aliphatic hydroxyl groups excluding tert-OH is 3. The summed E-state index contributed by atoms with van der Waals surface area (Å²) in [5.41, 5.74) is 4.31. The zero-order valence-corrected chi connectivity index (χ0v) is 15.7. The molecule has 0 aliphatic carbocycles. The van der Waals surface area contributed by atoms with Gasteiger partial charge in [0.25, 0.3) is 0 Å². The highest BCUT2D eigenvalue weighted by molar-refractivity contribution is 6.30. The Kier molecular flexibility index (Phi) is 5.09. The number of aromatic amines is 1. The van der Waals surface area contributed by atoms with Gasteiger partial charge in [0.05, 0.1) is 11.7 Å². The van der Waals surface area contributed by atoms with E-state index >= 15 is 0 Å². The maximum absolute atomic E-state index is 10.7. The van der Waals surface area contributed by atoms with Gasteiger partial charge in [-0.3, -0.25) is 0 Å². The average Bonchev–Trinajstić information content (AvgIpc) is 3.25. The van der Waals surface area contributed by atoms with E-state index in [2.05, 4.69) is 20.5 Å². The van der Waals surface area contributed by atoms with Crippen LogP contribution in [0.25, 0.3) is 11.0 Å². The van der Waals surface area contributed by atoms with E-state index in [-0.39, 0.29) is 0 Å². The zero-order chi connectivity index (χ0) is 19.8. The topological polar surface area (TPSA) is 128 Å². The van der Waals surface area contributed by atoms with E-state index in [0.717, 1.165) is 0 Å². The standard InChI is InChI=1S/C18H20ClN5O4/c1-20-23-16-11-6-7-24(17(11)22-8-21-16)18-14(27)13(26)15(28-18)12(25)9-2-4-10(19)5-3-9/h2-8,12-15,18,20,25-27H,1H3,(H,21,22,23)/t12?,13-,14+,15+,18+/m0/s1. The molecule has 3 aromatic rings. The van der Waals surface area contributed by atoms with Crippen molar-refractivity contribution in [1.29, 1.82) is 0 Å². The molecule has 2 aromatic heterocycles. The molecule has 0 bridgehead atoms. The summed E-state index contributed by atoms with van der Waals surface area (Å²) in [6, 6.07) is 8.37. The summed E-state index contributed by atoms with van der Waals surface area (Å²) in [4.78, 5) is 7.17. The van der Waals surface area contributed by atoms with E-state index < -0.39 is 30.6 Å². The molecule has 148 valence electrons. The molecule has 0 spiro atoms. The molecule has 1 unspecified atom stereocenters. The Balaban J connectivity index is 1.67. The van der Waals surface area contributed by atoms with E-state index in [1.54, 1.807) is 48.1 Å². The first-order valence-corrected chi connectivity index (χ1v) is 9.09. The molecule has 5 atom stereocenters. The molecule has 0 amide bonds. The van der Waals surface area contributed by atoms with Crippen molar-refractivity contribution in [1.82, 2.24) is 20.0 Å². The fourth-order valence-electron chi connectivity index (χ4n) is 3.44. The van der Waals surface area contributed by atoms with E-state index in [4.69, 9.17) is 16.3 Å². The summed E-state index contributed by atoms with van der Waals surface area (Å²) in [6.07, 6.45) is -2.39. The minimum absolute atomic E-state index is 0.473. The molecule has 1 saturated heterocycles. The minimum Gasteiger partial charge on any atom is -0.387 e. The van der Waals surface area contributed by atoms with Crippen molar-refractivity contribution in [3.63, 3.8) is 0 Å². The van der Waals surface area contributed by atoms with Crippen LogP contribution in [0, 0.1) is 0 Å². The van der Waals surface area contributed by atoms with Gasteiger partial charge in [0, 0.05) is 18.3 Å². The zero-order valence-electron chi connectivity index (χ0n) is 14.9. The molecule has 0 saturated carbocycles. The number of H-pyrrole nitrogens is 1. The van der Waals surface area contributed by atoms with Crippen LogP contribution in [0.3, 0.4) is 0 Å². The van der Waals surface area contributed by atoms with Crippen LogP contribution in [0.4, 0.5) is 0 Å². The van der Waals surface area contributed by atoms with Gasteiger partial charge in [0.15, 0.2) is 11.7 Å². The third-order valence-corrected chi connectivity index (χ3v) is 5.09. The first-order chi connectivity index (χ1) is 13.5. The van der Waals surface area contributed by atoms with E-state index in [9.17, 15) is 15.3 Å². The summed E-state index contributed by atoms with van der Waals surface area (Å²) in [5.74, 6) is 0. The molecule has 3 heterocycles. The smallest absolute Gasteiger partial charge is 0.184 e. The number of nitrogens with one attached hydrogen (secondary N) is 2. The number of aliphatic hydroxyl groups is 3. The quantitative estimate of drug-likeness (QED) is 0.400. The number of benzene rings is 1. The summed E-state index contributed by atoms with van der Waals surface area (Å²) < 4.78 is 7.53. The van der Waals surface area contributed by atoms with Crippen molar-refractivity contribution in [2.45, 2.75) is 30.6 Å². The SMILES string of the molecule is CN/N=c1\nc[nH]c2c1ccn2[C@@H]1O[C@H](C(O)c2ccc(Cl)cc2)[C@@H](O)[C@H]1O. The molecule has 0 radical (unpaired) electrons. The van der Waals surface area contributed by atoms with Crippen LogP contribution in [0.1, 0.15) is 17.9 Å². The van der Waals surface area contributed by atoms with Crippen LogP contribution < -0.4 is 10.9 Å². The summed E-state index contributed by atoms with van der Waals surface area (Å²) in [7, 11) is 1.67. The molecule has 1 aromatic carbocycles. The molecular weight excluding hydrogens is 386 g/mol. The van der Waals surface area contributed by atoms with Gasteiger partial charge in [0.1, 0.15) is 30.1 Å². The normalized spacial score (nSPS) is 26.7. The number of hydrogen-bond donors (Lipinski definition) is 5. The summed E-state index contributed by atoms with van der Waals surface area (Å²) in [6.45, 7) is 0. The fraction of sp³-hybridized carbons (Fsp3) is 0.333. The monoisotopic (exact) mass is 405 g/mol. The molecule has 4 rings (SSSR count). The van der Waals surface area contributed by atoms with Crippen molar-refractivity contribution in [3.05, 3.63) is 58.9 Å². The summed E-state index contributed by atoms with van der Waals surface area (Å²) >= 11 is 5.88. The summed E-state index contributed by atoms with van der Waals surface area (Å²) in [5, 5.41) is 37.1. The van der Waals surface area contributed by atoms with Gasteiger partial charge in [-0.05, 0) is 23.8 Å².